The lowest BCUT2D eigenvalue weighted by Gasteiger charge is -2.13. The zero-order valence-corrected chi connectivity index (χ0v) is 17.3. The molecule has 0 saturated heterocycles. The van der Waals surface area contributed by atoms with Crippen LogP contribution in [0.5, 0.6) is 0 Å². The van der Waals surface area contributed by atoms with Gasteiger partial charge in [-0.3, -0.25) is 24.4 Å². The first-order chi connectivity index (χ1) is 15.0. The predicted molar refractivity (Wildman–Crippen MR) is 115 cm³/mol. The van der Waals surface area contributed by atoms with E-state index in [0.29, 0.717) is 24.5 Å². The van der Waals surface area contributed by atoms with E-state index in [1.807, 2.05) is 32.2 Å². The van der Waals surface area contributed by atoms with Crippen LogP contribution in [0.2, 0.25) is 0 Å². The number of hydrogen-bond donors (Lipinski definition) is 2. The van der Waals surface area contributed by atoms with Crippen molar-refractivity contribution in [1.29, 1.82) is 0 Å². The number of pyridine rings is 2. The SMILES string of the molecule is Cc1ccn(CC(C)C(=O)NCc2ccnc(-n3[nH]cc(-c4cccnc4)c3=O)c2)n1. The first-order valence-corrected chi connectivity index (χ1v) is 9.95. The topological polar surface area (TPSA) is 110 Å². The number of hydrogen-bond acceptors (Lipinski definition) is 5. The maximum Gasteiger partial charge on any atom is 0.280 e. The summed E-state index contributed by atoms with van der Waals surface area (Å²) >= 11 is 0. The highest BCUT2D eigenvalue weighted by Gasteiger charge is 2.15. The van der Waals surface area contributed by atoms with Crippen LogP contribution >= 0.6 is 0 Å². The Kier molecular flexibility index (Phi) is 5.74. The van der Waals surface area contributed by atoms with Crippen molar-refractivity contribution in [2.24, 2.45) is 5.92 Å². The molecule has 1 atom stereocenters. The standard InChI is InChI=1S/C22H23N7O2/c1-15(14-28-9-6-16(2)27-28)21(30)25-11-17-5-8-24-20(10-17)29-22(31)19(13-26-29)18-4-3-7-23-12-18/h3-10,12-13,15,26H,11,14H2,1-2H3,(H,25,30). The van der Waals surface area contributed by atoms with Gasteiger partial charge in [0.15, 0.2) is 5.82 Å². The van der Waals surface area contributed by atoms with Crippen LogP contribution in [0, 0.1) is 12.8 Å². The van der Waals surface area contributed by atoms with Gasteiger partial charge in [-0.05, 0) is 36.8 Å². The molecule has 9 heteroatoms. The molecule has 2 N–H and O–H groups in total. The molecule has 1 amide bonds. The second-order valence-corrected chi connectivity index (χ2v) is 7.39. The van der Waals surface area contributed by atoms with Gasteiger partial charge in [0.2, 0.25) is 5.91 Å². The molecule has 1 unspecified atom stereocenters. The number of aryl methyl sites for hydroxylation is 1. The first kappa shape index (κ1) is 20.3. The van der Waals surface area contributed by atoms with Crippen molar-refractivity contribution in [3.63, 3.8) is 0 Å². The van der Waals surface area contributed by atoms with Crippen LogP contribution < -0.4 is 10.9 Å². The molecule has 0 aliphatic rings. The van der Waals surface area contributed by atoms with Gasteiger partial charge in [0, 0.05) is 43.1 Å². The van der Waals surface area contributed by atoms with Crippen LogP contribution in [0.25, 0.3) is 16.9 Å². The van der Waals surface area contributed by atoms with Gasteiger partial charge in [-0.2, -0.15) is 5.10 Å². The number of nitrogens with one attached hydrogen (secondary N) is 2. The van der Waals surface area contributed by atoms with E-state index in [2.05, 4.69) is 25.5 Å². The minimum Gasteiger partial charge on any atom is -0.352 e. The van der Waals surface area contributed by atoms with Gasteiger partial charge in [-0.1, -0.05) is 13.0 Å². The van der Waals surface area contributed by atoms with Crippen LogP contribution in [-0.4, -0.2) is 35.4 Å². The lowest BCUT2D eigenvalue weighted by molar-refractivity contribution is -0.125. The quantitative estimate of drug-likeness (QED) is 0.478. The molecule has 4 aromatic rings. The number of rotatable bonds is 7. The zero-order valence-electron chi connectivity index (χ0n) is 17.3. The van der Waals surface area contributed by atoms with E-state index in [1.54, 1.807) is 47.7 Å². The molecule has 31 heavy (non-hydrogen) atoms. The summed E-state index contributed by atoms with van der Waals surface area (Å²) in [5.74, 6) is 0.156. The summed E-state index contributed by atoms with van der Waals surface area (Å²) in [5.41, 5.74) is 2.78. The minimum absolute atomic E-state index is 0.0672. The Hall–Kier alpha value is -4.01. The molecule has 0 bridgehead atoms. The number of amides is 1. The molecule has 0 aliphatic heterocycles. The lowest BCUT2D eigenvalue weighted by Crippen LogP contribution is -2.31. The molecule has 4 aromatic heterocycles. The van der Waals surface area contributed by atoms with E-state index in [-0.39, 0.29) is 17.4 Å². The normalized spacial score (nSPS) is 11.9. The van der Waals surface area contributed by atoms with Gasteiger partial charge >= 0.3 is 0 Å². The number of nitrogens with zero attached hydrogens (tertiary/aromatic N) is 5. The Labute approximate surface area is 178 Å². The summed E-state index contributed by atoms with van der Waals surface area (Å²) in [4.78, 5) is 33.6. The highest BCUT2D eigenvalue weighted by molar-refractivity contribution is 5.78. The second-order valence-electron chi connectivity index (χ2n) is 7.39. The molecule has 9 nitrogen and oxygen atoms in total. The minimum atomic E-state index is -0.228. The fraction of sp³-hybridized carbons (Fsp3) is 0.227. The number of H-pyrrole nitrogens is 1. The molecular weight excluding hydrogens is 394 g/mol. The Bertz CT molecular complexity index is 1240. The molecule has 4 heterocycles. The highest BCUT2D eigenvalue weighted by Crippen LogP contribution is 2.14. The number of aromatic nitrogens is 6. The van der Waals surface area contributed by atoms with E-state index in [0.717, 1.165) is 16.8 Å². The largest absolute Gasteiger partial charge is 0.352 e. The molecule has 4 rings (SSSR count). The molecular formula is C22H23N7O2. The first-order valence-electron chi connectivity index (χ1n) is 9.95. The smallest absolute Gasteiger partial charge is 0.280 e. The van der Waals surface area contributed by atoms with Crippen LogP contribution in [0.3, 0.4) is 0 Å². The van der Waals surface area contributed by atoms with Crippen molar-refractivity contribution in [2.45, 2.75) is 26.9 Å². The van der Waals surface area contributed by atoms with Gasteiger partial charge < -0.3 is 5.32 Å². The van der Waals surface area contributed by atoms with Gasteiger partial charge in [-0.15, -0.1) is 0 Å². The second kappa shape index (κ2) is 8.78. The van der Waals surface area contributed by atoms with Crippen molar-refractivity contribution in [1.82, 2.24) is 34.8 Å². The monoisotopic (exact) mass is 417 g/mol. The summed E-state index contributed by atoms with van der Waals surface area (Å²) < 4.78 is 3.14. The van der Waals surface area contributed by atoms with Crippen LogP contribution in [0.4, 0.5) is 0 Å². The van der Waals surface area contributed by atoms with Crippen LogP contribution in [0.15, 0.2) is 66.1 Å². The number of carbonyl (C=O) groups excluding carboxylic acids is 1. The lowest BCUT2D eigenvalue weighted by atomic mass is 10.1. The Morgan fingerprint density at radius 2 is 2.13 bits per heavy atom. The summed E-state index contributed by atoms with van der Waals surface area (Å²) in [6.45, 7) is 4.62. The fourth-order valence-corrected chi connectivity index (χ4v) is 3.25. The van der Waals surface area contributed by atoms with E-state index < -0.39 is 0 Å². The van der Waals surface area contributed by atoms with Gasteiger partial charge in [0.05, 0.1) is 23.7 Å². The van der Waals surface area contributed by atoms with Gasteiger partial charge in [-0.25, -0.2) is 9.67 Å². The summed E-state index contributed by atoms with van der Waals surface area (Å²) in [6.07, 6.45) is 8.41. The summed E-state index contributed by atoms with van der Waals surface area (Å²) in [7, 11) is 0. The molecule has 0 saturated carbocycles. The average molecular weight is 417 g/mol. The van der Waals surface area contributed by atoms with Crippen LogP contribution in [-0.2, 0) is 17.9 Å². The molecule has 0 aromatic carbocycles. The van der Waals surface area contributed by atoms with Crippen molar-refractivity contribution in [3.05, 3.63) is 82.9 Å². The zero-order chi connectivity index (χ0) is 21.8. The van der Waals surface area contributed by atoms with Crippen molar-refractivity contribution in [2.75, 3.05) is 0 Å². The van der Waals surface area contributed by atoms with E-state index in [9.17, 15) is 9.59 Å². The maximum absolute atomic E-state index is 12.8. The highest BCUT2D eigenvalue weighted by atomic mass is 16.2. The van der Waals surface area contributed by atoms with E-state index >= 15 is 0 Å². The molecule has 0 fully saturated rings. The number of aromatic amines is 1. The summed E-state index contributed by atoms with van der Waals surface area (Å²) in [6, 6.07) is 9.09. The van der Waals surface area contributed by atoms with Crippen molar-refractivity contribution >= 4 is 5.91 Å². The Morgan fingerprint density at radius 1 is 1.26 bits per heavy atom. The third kappa shape index (κ3) is 4.61. The fourth-order valence-electron chi connectivity index (χ4n) is 3.25. The number of carbonyl (C=O) groups is 1. The third-order valence-corrected chi connectivity index (χ3v) is 4.93. The van der Waals surface area contributed by atoms with E-state index in [1.165, 1.54) is 4.68 Å². The molecule has 0 aliphatic carbocycles. The predicted octanol–water partition coefficient (Wildman–Crippen LogP) is 2.08. The van der Waals surface area contributed by atoms with Gasteiger partial charge in [0.25, 0.3) is 5.56 Å². The molecule has 158 valence electrons. The van der Waals surface area contributed by atoms with Crippen LogP contribution in [0.1, 0.15) is 18.2 Å². The summed E-state index contributed by atoms with van der Waals surface area (Å²) in [5, 5.41) is 10.2. The maximum atomic E-state index is 12.8. The average Bonchev–Trinajstić information content (AvgIpc) is 3.37. The Morgan fingerprint density at radius 3 is 2.87 bits per heavy atom. The Balaban J connectivity index is 1.44. The molecule has 0 spiro atoms. The molecule has 0 radical (unpaired) electrons. The van der Waals surface area contributed by atoms with E-state index in [4.69, 9.17) is 0 Å². The third-order valence-electron chi connectivity index (χ3n) is 4.93. The van der Waals surface area contributed by atoms with Gasteiger partial charge in [0.1, 0.15) is 0 Å². The van der Waals surface area contributed by atoms with Crippen molar-refractivity contribution in [3.8, 4) is 16.9 Å². The van der Waals surface area contributed by atoms with Crippen molar-refractivity contribution < 1.29 is 4.79 Å².